The lowest BCUT2D eigenvalue weighted by atomic mass is 10.1. The zero-order valence-electron chi connectivity index (χ0n) is 17.3. The number of hydrogen-bond acceptors (Lipinski definition) is 3. The number of carbonyl (C=O) groups excluding carboxylic acids is 2. The molecule has 0 bridgehead atoms. The summed E-state index contributed by atoms with van der Waals surface area (Å²) in [4.78, 5) is 27.1. The number of hydrogen-bond donors (Lipinski definition) is 1. The zero-order chi connectivity index (χ0) is 20.3. The van der Waals surface area contributed by atoms with Crippen LogP contribution in [-0.2, 0) is 42.4 Å². The highest BCUT2D eigenvalue weighted by Gasteiger charge is 2.35. The fourth-order valence-corrected chi connectivity index (χ4v) is 3.86. The highest BCUT2D eigenvalue weighted by atomic mass is 16.2. The Bertz CT molecular complexity index is 854. The summed E-state index contributed by atoms with van der Waals surface area (Å²) in [7, 11) is 1.85. The Morgan fingerprint density at radius 2 is 1.79 bits per heavy atom. The van der Waals surface area contributed by atoms with Crippen molar-refractivity contribution < 1.29 is 9.59 Å². The SMILES string of the molecule is CCc1ccc(CN2CC(C(=O)Nc3c(CC)c(CC)nn3C)CC2=O)cc1. The second kappa shape index (κ2) is 8.59. The van der Waals surface area contributed by atoms with Crippen LogP contribution in [0.2, 0.25) is 0 Å². The van der Waals surface area contributed by atoms with Crippen LogP contribution >= 0.6 is 0 Å². The maximum Gasteiger partial charge on any atom is 0.230 e. The fourth-order valence-electron chi connectivity index (χ4n) is 3.86. The molecule has 0 spiro atoms. The van der Waals surface area contributed by atoms with Gasteiger partial charge in [-0.3, -0.25) is 14.3 Å². The third-order valence-electron chi connectivity index (χ3n) is 5.55. The lowest BCUT2D eigenvalue weighted by Crippen LogP contribution is -2.28. The number of likely N-dealkylation sites (tertiary alicyclic amines) is 1. The molecule has 1 aliphatic rings. The van der Waals surface area contributed by atoms with Crippen LogP contribution in [0.4, 0.5) is 5.82 Å². The van der Waals surface area contributed by atoms with Gasteiger partial charge in [-0.15, -0.1) is 0 Å². The van der Waals surface area contributed by atoms with E-state index in [0.717, 1.165) is 41.9 Å². The highest BCUT2D eigenvalue weighted by Crippen LogP contribution is 2.25. The Kier molecular flexibility index (Phi) is 6.17. The monoisotopic (exact) mass is 382 g/mol. The Balaban J connectivity index is 1.66. The number of nitrogens with zero attached hydrogens (tertiary/aromatic N) is 3. The van der Waals surface area contributed by atoms with Crippen molar-refractivity contribution >= 4 is 17.6 Å². The number of aromatic nitrogens is 2. The highest BCUT2D eigenvalue weighted by molar-refractivity contribution is 5.97. The Morgan fingerprint density at radius 1 is 1.11 bits per heavy atom. The van der Waals surface area contributed by atoms with Crippen molar-refractivity contribution in [1.82, 2.24) is 14.7 Å². The molecule has 2 heterocycles. The van der Waals surface area contributed by atoms with Crippen LogP contribution in [0.3, 0.4) is 0 Å². The molecule has 1 saturated heterocycles. The lowest BCUT2D eigenvalue weighted by Gasteiger charge is -2.17. The first-order valence-electron chi connectivity index (χ1n) is 10.2. The molecule has 1 unspecified atom stereocenters. The third-order valence-corrected chi connectivity index (χ3v) is 5.55. The van der Waals surface area contributed by atoms with E-state index >= 15 is 0 Å². The predicted octanol–water partition coefficient (Wildman–Crippen LogP) is 3.09. The van der Waals surface area contributed by atoms with Gasteiger partial charge in [-0.05, 0) is 30.4 Å². The van der Waals surface area contributed by atoms with Crippen molar-refractivity contribution in [2.24, 2.45) is 13.0 Å². The number of nitrogens with one attached hydrogen (secondary N) is 1. The molecule has 0 saturated carbocycles. The van der Waals surface area contributed by atoms with Crippen molar-refractivity contribution in [1.29, 1.82) is 0 Å². The molecular weight excluding hydrogens is 352 g/mol. The van der Waals surface area contributed by atoms with E-state index in [4.69, 9.17) is 0 Å². The molecule has 6 nitrogen and oxygen atoms in total. The summed E-state index contributed by atoms with van der Waals surface area (Å²) in [5, 5.41) is 7.53. The van der Waals surface area contributed by atoms with E-state index in [1.165, 1.54) is 5.56 Å². The van der Waals surface area contributed by atoms with Crippen molar-refractivity contribution in [2.75, 3.05) is 11.9 Å². The standard InChI is InChI=1S/C22H30N4O2/c1-5-15-8-10-16(11-9-15)13-26-14-17(12-20(26)27)22(28)23-21-18(6-2)19(7-3)24-25(21)4/h8-11,17H,5-7,12-14H2,1-4H3,(H,23,28). The molecule has 3 rings (SSSR count). The number of anilines is 1. The molecule has 1 aromatic carbocycles. The van der Waals surface area contributed by atoms with Crippen molar-refractivity contribution in [3.8, 4) is 0 Å². The molecule has 2 amide bonds. The summed E-state index contributed by atoms with van der Waals surface area (Å²) in [6.45, 7) is 7.26. The molecule has 0 radical (unpaired) electrons. The average Bonchev–Trinajstić information content (AvgIpc) is 3.22. The minimum absolute atomic E-state index is 0.0367. The minimum Gasteiger partial charge on any atom is -0.338 e. The van der Waals surface area contributed by atoms with Gasteiger partial charge in [0, 0.05) is 32.1 Å². The first-order valence-corrected chi connectivity index (χ1v) is 10.2. The first-order chi connectivity index (χ1) is 13.5. The van der Waals surface area contributed by atoms with E-state index < -0.39 is 0 Å². The topological polar surface area (TPSA) is 67.2 Å². The fraction of sp³-hybridized carbons (Fsp3) is 0.500. The second-order valence-corrected chi connectivity index (χ2v) is 7.44. The summed E-state index contributed by atoms with van der Waals surface area (Å²) in [5.74, 6) is 0.365. The van der Waals surface area contributed by atoms with Crippen LogP contribution < -0.4 is 5.32 Å². The van der Waals surface area contributed by atoms with Crippen LogP contribution in [-0.4, -0.2) is 33.0 Å². The van der Waals surface area contributed by atoms with Gasteiger partial charge in [-0.25, -0.2) is 0 Å². The largest absolute Gasteiger partial charge is 0.338 e. The average molecular weight is 383 g/mol. The van der Waals surface area contributed by atoms with Gasteiger partial charge in [0.25, 0.3) is 0 Å². The zero-order valence-corrected chi connectivity index (χ0v) is 17.3. The van der Waals surface area contributed by atoms with Gasteiger partial charge in [-0.2, -0.15) is 5.10 Å². The van der Waals surface area contributed by atoms with Gasteiger partial charge in [0.05, 0.1) is 11.6 Å². The van der Waals surface area contributed by atoms with E-state index in [1.54, 1.807) is 9.58 Å². The van der Waals surface area contributed by atoms with Crippen LogP contribution in [0.1, 0.15) is 49.6 Å². The Hall–Kier alpha value is -2.63. The quantitative estimate of drug-likeness (QED) is 0.800. The van der Waals surface area contributed by atoms with E-state index in [2.05, 4.69) is 55.5 Å². The lowest BCUT2D eigenvalue weighted by molar-refractivity contribution is -0.128. The van der Waals surface area contributed by atoms with Gasteiger partial charge in [0.1, 0.15) is 5.82 Å². The van der Waals surface area contributed by atoms with Gasteiger partial charge in [0.15, 0.2) is 0 Å². The molecule has 1 atom stereocenters. The summed E-state index contributed by atoms with van der Waals surface area (Å²) in [5.41, 5.74) is 4.47. The molecule has 150 valence electrons. The third kappa shape index (κ3) is 4.11. The van der Waals surface area contributed by atoms with Crippen molar-refractivity contribution in [2.45, 2.75) is 53.0 Å². The van der Waals surface area contributed by atoms with Crippen molar-refractivity contribution in [3.63, 3.8) is 0 Å². The molecule has 2 aromatic rings. The van der Waals surface area contributed by atoms with Gasteiger partial charge < -0.3 is 10.2 Å². The molecule has 1 N–H and O–H groups in total. The number of aryl methyl sites for hydroxylation is 3. The van der Waals surface area contributed by atoms with Crippen LogP contribution in [0.25, 0.3) is 0 Å². The van der Waals surface area contributed by atoms with Crippen molar-refractivity contribution in [3.05, 3.63) is 46.6 Å². The molecule has 1 fully saturated rings. The van der Waals surface area contributed by atoms with Crippen LogP contribution in [0.15, 0.2) is 24.3 Å². The molecule has 0 aliphatic carbocycles. The predicted molar refractivity (Wildman–Crippen MR) is 110 cm³/mol. The van der Waals surface area contributed by atoms with Gasteiger partial charge in [-0.1, -0.05) is 45.0 Å². The van der Waals surface area contributed by atoms with E-state index in [1.807, 2.05) is 7.05 Å². The van der Waals surface area contributed by atoms with E-state index in [9.17, 15) is 9.59 Å². The molecule has 6 heteroatoms. The Labute approximate surface area is 166 Å². The normalized spacial score (nSPS) is 16.6. The first kappa shape index (κ1) is 20.1. The van der Waals surface area contributed by atoms with E-state index in [0.29, 0.717) is 13.1 Å². The minimum atomic E-state index is -0.327. The van der Waals surface area contributed by atoms with Gasteiger partial charge in [0.2, 0.25) is 11.8 Å². The Morgan fingerprint density at radius 3 is 2.39 bits per heavy atom. The summed E-state index contributed by atoms with van der Waals surface area (Å²) < 4.78 is 1.74. The summed E-state index contributed by atoms with van der Waals surface area (Å²) in [6.07, 6.45) is 2.91. The summed E-state index contributed by atoms with van der Waals surface area (Å²) >= 11 is 0. The van der Waals surface area contributed by atoms with Gasteiger partial charge >= 0.3 is 0 Å². The molecular formula is C22H30N4O2. The number of carbonyl (C=O) groups is 2. The number of benzene rings is 1. The number of amides is 2. The molecule has 1 aliphatic heterocycles. The van der Waals surface area contributed by atoms with E-state index in [-0.39, 0.29) is 24.2 Å². The molecule has 1 aromatic heterocycles. The molecule has 28 heavy (non-hydrogen) atoms. The second-order valence-electron chi connectivity index (χ2n) is 7.44. The summed E-state index contributed by atoms with van der Waals surface area (Å²) in [6, 6.07) is 8.32. The van der Waals surface area contributed by atoms with Crippen LogP contribution in [0.5, 0.6) is 0 Å². The maximum absolute atomic E-state index is 12.8. The van der Waals surface area contributed by atoms with Crippen LogP contribution in [0, 0.1) is 5.92 Å². The number of rotatable bonds is 7. The smallest absolute Gasteiger partial charge is 0.230 e. The maximum atomic E-state index is 12.8.